The second-order valence-electron chi connectivity index (χ2n) is 21.2. The molecule has 0 unspecified atom stereocenters. The summed E-state index contributed by atoms with van der Waals surface area (Å²) in [4.78, 5) is 115. The average molecular weight is 1040 g/mol. The number of carbonyl (C=O) groups excluding carboxylic acids is 8. The van der Waals surface area contributed by atoms with Crippen LogP contribution in [0.3, 0.4) is 0 Å². The molecule has 1 aromatic heterocycles. The molecule has 0 bridgehead atoms. The number of H-pyrrole nitrogens is 1. The second-order valence-corrected chi connectivity index (χ2v) is 23.1. The monoisotopic (exact) mass is 1040 g/mol. The van der Waals surface area contributed by atoms with Crippen LogP contribution in [-0.4, -0.2) is 119 Å². The Kier molecular flexibility index (Phi) is 18.6. The fraction of sp³-hybridized carbons (Fsp3) is 0.481. The Morgan fingerprint density at radius 1 is 0.797 bits per heavy atom. The van der Waals surface area contributed by atoms with Gasteiger partial charge in [0.05, 0.1) is 16.9 Å². The smallest absolute Gasteiger partial charge is 0.407 e. The Hall–Kier alpha value is -6.53. The molecular weight excluding hydrogens is 972 g/mol. The minimum atomic E-state index is -4.86. The molecule has 4 atom stereocenters. The largest absolute Gasteiger partial charge is 0.438 e. The van der Waals surface area contributed by atoms with Crippen molar-refractivity contribution in [2.45, 2.75) is 130 Å². The number of aromatic nitrogens is 1. The molecule has 0 aliphatic carbocycles. The van der Waals surface area contributed by atoms with Crippen molar-refractivity contribution in [1.82, 2.24) is 25.4 Å². The van der Waals surface area contributed by atoms with Gasteiger partial charge in [0.15, 0.2) is 5.78 Å². The van der Waals surface area contributed by atoms with Crippen molar-refractivity contribution < 1.29 is 61.4 Å². The minimum absolute atomic E-state index is 0.00841. The molecule has 74 heavy (non-hydrogen) atoms. The number of ether oxygens (including phenoxy) is 2. The van der Waals surface area contributed by atoms with Crippen LogP contribution in [0.4, 0.5) is 0 Å². The van der Waals surface area contributed by atoms with Gasteiger partial charge in [-0.05, 0) is 116 Å². The number of amides is 4. The van der Waals surface area contributed by atoms with E-state index >= 15 is 0 Å². The lowest BCUT2D eigenvalue weighted by atomic mass is 9.85. The van der Waals surface area contributed by atoms with E-state index in [2.05, 4.69) is 20.5 Å². The third kappa shape index (κ3) is 14.4. The fourth-order valence-electron chi connectivity index (χ4n) is 8.91. The van der Waals surface area contributed by atoms with Crippen LogP contribution in [0.1, 0.15) is 132 Å². The molecule has 20 heteroatoms. The van der Waals surface area contributed by atoms with Gasteiger partial charge in [-0.15, -0.1) is 0 Å². The van der Waals surface area contributed by atoms with Crippen LogP contribution in [0, 0.1) is 10.8 Å². The number of esters is 2. The van der Waals surface area contributed by atoms with E-state index in [1.54, 1.807) is 41.5 Å². The van der Waals surface area contributed by atoms with E-state index in [1.807, 2.05) is 74.5 Å². The van der Waals surface area contributed by atoms with Crippen molar-refractivity contribution in [3.8, 4) is 0 Å². The Bertz CT molecular complexity index is 2670. The highest BCUT2D eigenvalue weighted by Gasteiger charge is 2.46. The zero-order valence-corrected chi connectivity index (χ0v) is 44.2. The summed E-state index contributed by atoms with van der Waals surface area (Å²) < 4.78 is 34.9. The number of carbonyl (C=O) groups is 8. The van der Waals surface area contributed by atoms with E-state index in [1.165, 1.54) is 29.2 Å². The summed E-state index contributed by atoms with van der Waals surface area (Å²) in [7, 11) is -4.86. The van der Waals surface area contributed by atoms with Gasteiger partial charge in [0.25, 0.3) is 11.4 Å². The lowest BCUT2D eigenvalue weighted by Gasteiger charge is -2.40. The third-order valence-corrected chi connectivity index (χ3v) is 14.8. The number of benzene rings is 3. The Morgan fingerprint density at radius 2 is 1.38 bits per heavy atom. The highest BCUT2D eigenvalue weighted by atomic mass is 31.2. The highest BCUT2D eigenvalue weighted by molar-refractivity contribution is 7.72. The van der Waals surface area contributed by atoms with Crippen LogP contribution >= 0.6 is 7.60 Å². The molecule has 4 aromatic rings. The summed E-state index contributed by atoms with van der Waals surface area (Å²) >= 11 is 0. The number of Topliss-reactive ketones (excluding diaryl/α,β-unsaturated/α-hetero) is 1. The number of rotatable bonds is 21. The highest BCUT2D eigenvalue weighted by Crippen LogP contribution is 2.51. The van der Waals surface area contributed by atoms with E-state index < -0.39 is 91.2 Å². The van der Waals surface area contributed by atoms with E-state index in [9.17, 15) is 42.9 Å². The molecule has 6 rings (SSSR count). The Morgan fingerprint density at radius 3 is 1.92 bits per heavy atom. The number of ketones is 1. The van der Waals surface area contributed by atoms with Gasteiger partial charge in [0.2, 0.25) is 31.3 Å². The molecule has 4 amide bonds. The predicted octanol–water partition coefficient (Wildman–Crippen LogP) is 6.74. The van der Waals surface area contributed by atoms with E-state index in [4.69, 9.17) is 24.3 Å². The van der Waals surface area contributed by atoms with Crippen molar-refractivity contribution >= 4 is 65.4 Å². The standard InChI is InChI=1S/C54H69N6O13P/c1-33(2)59-26-25-38-20-23-44(48(64)57-41(22-24-46(55)62)45(61)29-39(34-15-11-9-12-16-34)35-17-13-10-14-18-35)60(38)49(65)43(30-59)58-47(63)42-28-37-27-36(19-21-40(37)56-42)50(66)74(69,72-31-70-51(67)53(3,4)5)73-32-71-52(68)54(6,7)8/h9-19,21,27-28,33,38-39,41,43-44,56H,20,22-26,29-32H2,1-8H3,(H2,55,62)(H,57,64)(H,58,63)/t38-,41+,43+,44+/m1/s1. The third-order valence-electron chi connectivity index (χ3n) is 13.2. The SMILES string of the molecule is CC(C)N1CC[C@H]2CC[C@@H](C(=O)N[C@@H](CCC(N)=O)C(=O)CC(c3ccccc3)c3ccccc3)N2C(=O)[C@@H](NC(=O)c2cc3cc(C(=O)P(=O)(OCOC(=O)C(C)(C)C)OCOC(=O)C(C)(C)C)ccc3[nH]2)C1. The van der Waals surface area contributed by atoms with Crippen molar-refractivity contribution in [2.24, 2.45) is 16.6 Å². The van der Waals surface area contributed by atoms with Crippen LogP contribution < -0.4 is 16.4 Å². The number of primary amides is 1. The normalized spacial score (nSPS) is 18.1. The van der Waals surface area contributed by atoms with Crippen molar-refractivity contribution in [3.63, 3.8) is 0 Å². The summed E-state index contributed by atoms with van der Waals surface area (Å²) in [6.07, 6.45) is 1.19. The van der Waals surface area contributed by atoms with Gasteiger partial charge in [-0.2, -0.15) is 0 Å². The zero-order chi connectivity index (χ0) is 54.1. The Labute approximate surface area is 431 Å². The van der Waals surface area contributed by atoms with Crippen molar-refractivity contribution in [2.75, 3.05) is 26.7 Å². The van der Waals surface area contributed by atoms with Gasteiger partial charge < -0.3 is 35.7 Å². The van der Waals surface area contributed by atoms with E-state index in [0.717, 1.165) is 11.1 Å². The molecule has 2 saturated heterocycles. The molecule has 2 fully saturated rings. The number of aromatic amines is 1. The molecule has 0 radical (unpaired) electrons. The maximum atomic E-state index is 14.9. The van der Waals surface area contributed by atoms with Crippen molar-refractivity contribution in [3.05, 3.63) is 107 Å². The van der Waals surface area contributed by atoms with Gasteiger partial charge in [-0.3, -0.25) is 56.9 Å². The molecule has 19 nitrogen and oxygen atoms in total. The summed E-state index contributed by atoms with van der Waals surface area (Å²) in [6, 6.07) is 21.1. The van der Waals surface area contributed by atoms with Crippen LogP contribution in [-0.2, 0) is 51.9 Å². The fourth-order valence-corrected chi connectivity index (χ4v) is 10.1. The average Bonchev–Trinajstić information content (AvgIpc) is 3.98. The molecule has 5 N–H and O–H groups in total. The van der Waals surface area contributed by atoms with Crippen LogP contribution in [0.2, 0.25) is 0 Å². The molecule has 3 aromatic carbocycles. The maximum Gasteiger partial charge on any atom is 0.407 e. The topological polar surface area (TPSA) is 263 Å². The summed E-state index contributed by atoms with van der Waals surface area (Å²) in [5.41, 5.74) is 4.55. The second kappa shape index (κ2) is 24.2. The number of hydrogen-bond donors (Lipinski definition) is 4. The molecular formula is C54H69N6O13P. The summed E-state index contributed by atoms with van der Waals surface area (Å²) in [6.45, 7) is 12.4. The molecule has 0 spiro atoms. The molecule has 398 valence electrons. The van der Waals surface area contributed by atoms with Gasteiger partial charge in [0.1, 0.15) is 17.8 Å². The molecule has 2 aliphatic rings. The van der Waals surface area contributed by atoms with Crippen molar-refractivity contribution in [1.29, 1.82) is 0 Å². The molecule has 3 heterocycles. The first-order valence-electron chi connectivity index (χ1n) is 24.9. The lowest BCUT2D eigenvalue weighted by Crippen LogP contribution is -2.61. The van der Waals surface area contributed by atoms with Crippen LogP contribution in [0.25, 0.3) is 10.9 Å². The summed E-state index contributed by atoms with van der Waals surface area (Å²) in [5, 5.41) is 6.12. The van der Waals surface area contributed by atoms with Crippen LogP contribution in [0.5, 0.6) is 0 Å². The number of nitrogens with two attached hydrogens (primary N) is 1. The summed E-state index contributed by atoms with van der Waals surface area (Å²) in [5.74, 6) is -4.39. The first kappa shape index (κ1) is 56.8. The van der Waals surface area contributed by atoms with Crippen LogP contribution in [0.15, 0.2) is 84.9 Å². The Balaban J connectivity index is 1.21. The minimum Gasteiger partial charge on any atom is -0.438 e. The number of nitrogens with zero attached hydrogens (tertiary/aromatic N) is 2. The lowest BCUT2D eigenvalue weighted by molar-refractivity contribution is -0.162. The number of hydrogen-bond acceptors (Lipinski definition) is 14. The predicted molar refractivity (Wildman–Crippen MR) is 274 cm³/mol. The number of nitrogens with one attached hydrogen (secondary N) is 3. The maximum absolute atomic E-state index is 14.9. The van der Waals surface area contributed by atoms with Gasteiger partial charge in [0, 0.05) is 60.4 Å². The van der Waals surface area contributed by atoms with Gasteiger partial charge >= 0.3 is 19.5 Å². The molecule has 0 saturated carbocycles. The number of fused-ring (bicyclic) bond motifs is 2. The quantitative estimate of drug-likeness (QED) is 0.0383. The zero-order valence-electron chi connectivity index (χ0n) is 43.3. The first-order valence-corrected chi connectivity index (χ1v) is 26.4. The van der Waals surface area contributed by atoms with Gasteiger partial charge in [-0.25, -0.2) is 0 Å². The molecule has 2 aliphatic heterocycles. The van der Waals surface area contributed by atoms with Gasteiger partial charge in [-0.1, -0.05) is 60.7 Å². The van der Waals surface area contributed by atoms with E-state index in [0.29, 0.717) is 36.7 Å². The van der Waals surface area contributed by atoms with E-state index in [-0.39, 0.29) is 60.8 Å². The first-order chi connectivity index (χ1) is 34.9.